The Morgan fingerprint density at radius 3 is 2.52 bits per heavy atom. The van der Waals surface area contributed by atoms with Gasteiger partial charge in [0.05, 0.1) is 0 Å². The molecule has 0 saturated carbocycles. The smallest absolute Gasteiger partial charge is 0.191 e. The number of likely N-dealkylation sites (tertiary alicyclic amines) is 1. The van der Waals surface area contributed by atoms with E-state index in [4.69, 9.17) is 10.5 Å². The van der Waals surface area contributed by atoms with Crippen molar-refractivity contribution in [1.29, 1.82) is 0 Å². The fourth-order valence-corrected chi connectivity index (χ4v) is 4.15. The molecule has 2 aliphatic rings. The Bertz CT molecular complexity index is 537. The first kappa shape index (κ1) is 18.4. The monoisotopic (exact) mass is 362 g/mol. The number of hydrogen-bond donors (Lipinski definition) is 1. The zero-order valence-corrected chi connectivity index (χ0v) is 15.8. The molecule has 2 saturated heterocycles. The standard InChI is InChI=1S/C19H30N4OS/c20-19(23-12-15-25-16-13-23)21-8-7-17-3-5-18(6-4-17)24-14-11-22-9-1-2-10-22/h3-6H,1-2,7-16H2,(H2,20,21). The number of aliphatic imine (C=N–C) groups is 1. The van der Waals surface area contributed by atoms with Crippen LogP contribution in [0.25, 0.3) is 0 Å². The molecular weight excluding hydrogens is 332 g/mol. The summed E-state index contributed by atoms with van der Waals surface area (Å²) < 4.78 is 5.85. The number of nitrogens with two attached hydrogens (primary N) is 1. The molecule has 5 nitrogen and oxygen atoms in total. The van der Waals surface area contributed by atoms with Crippen LogP contribution in [-0.4, -0.2) is 73.1 Å². The van der Waals surface area contributed by atoms with Gasteiger partial charge in [0.15, 0.2) is 5.96 Å². The molecular formula is C19H30N4OS. The number of nitrogens with zero attached hydrogens (tertiary/aromatic N) is 3. The summed E-state index contributed by atoms with van der Waals surface area (Å²) >= 11 is 1.98. The molecule has 0 aliphatic carbocycles. The second-order valence-electron chi connectivity index (χ2n) is 6.63. The molecule has 0 atom stereocenters. The van der Waals surface area contributed by atoms with Crippen LogP contribution in [0.4, 0.5) is 0 Å². The zero-order chi connectivity index (χ0) is 17.3. The maximum absolute atomic E-state index is 6.09. The Kier molecular flexibility index (Phi) is 7.30. The van der Waals surface area contributed by atoms with E-state index in [9.17, 15) is 0 Å². The third-order valence-electron chi connectivity index (χ3n) is 4.81. The van der Waals surface area contributed by atoms with Crippen molar-refractivity contribution in [3.63, 3.8) is 0 Å². The van der Waals surface area contributed by atoms with E-state index >= 15 is 0 Å². The first-order chi connectivity index (χ1) is 12.3. The maximum Gasteiger partial charge on any atom is 0.191 e. The number of ether oxygens (including phenoxy) is 1. The fraction of sp³-hybridized carbons (Fsp3) is 0.632. The number of rotatable bonds is 7. The Labute approximate surface area is 155 Å². The van der Waals surface area contributed by atoms with Gasteiger partial charge < -0.3 is 15.4 Å². The molecule has 2 N–H and O–H groups in total. The second-order valence-corrected chi connectivity index (χ2v) is 7.86. The number of thioether (sulfide) groups is 1. The van der Waals surface area contributed by atoms with Crippen LogP contribution in [0.3, 0.4) is 0 Å². The minimum absolute atomic E-state index is 0.696. The predicted octanol–water partition coefficient (Wildman–Crippen LogP) is 2.07. The van der Waals surface area contributed by atoms with Gasteiger partial charge in [0, 0.05) is 37.7 Å². The average molecular weight is 363 g/mol. The molecule has 2 fully saturated rings. The van der Waals surface area contributed by atoms with E-state index in [1.165, 1.54) is 31.5 Å². The van der Waals surface area contributed by atoms with Crippen molar-refractivity contribution >= 4 is 17.7 Å². The Balaban J connectivity index is 1.36. The molecule has 0 spiro atoms. The first-order valence-corrected chi connectivity index (χ1v) is 10.5. The van der Waals surface area contributed by atoms with Crippen LogP contribution >= 0.6 is 11.8 Å². The largest absolute Gasteiger partial charge is 0.492 e. The molecule has 2 aliphatic heterocycles. The quantitative estimate of drug-likeness (QED) is 0.594. The van der Waals surface area contributed by atoms with Crippen LogP contribution in [0, 0.1) is 0 Å². The Morgan fingerprint density at radius 2 is 1.80 bits per heavy atom. The van der Waals surface area contributed by atoms with E-state index in [1.807, 2.05) is 11.8 Å². The van der Waals surface area contributed by atoms with E-state index in [2.05, 4.69) is 39.1 Å². The highest BCUT2D eigenvalue weighted by Gasteiger charge is 2.12. The average Bonchev–Trinajstić information content (AvgIpc) is 3.17. The predicted molar refractivity (Wildman–Crippen MR) is 107 cm³/mol. The van der Waals surface area contributed by atoms with Gasteiger partial charge in [0.1, 0.15) is 12.4 Å². The maximum atomic E-state index is 6.09. The van der Waals surface area contributed by atoms with Crippen molar-refractivity contribution in [2.24, 2.45) is 10.7 Å². The van der Waals surface area contributed by atoms with Crippen LogP contribution in [0.1, 0.15) is 18.4 Å². The molecule has 138 valence electrons. The molecule has 0 bridgehead atoms. The summed E-state index contributed by atoms with van der Waals surface area (Å²) in [6.07, 6.45) is 3.58. The van der Waals surface area contributed by atoms with Crippen LogP contribution < -0.4 is 10.5 Å². The molecule has 2 heterocycles. The highest BCUT2D eigenvalue weighted by atomic mass is 32.2. The van der Waals surface area contributed by atoms with Crippen molar-refractivity contribution < 1.29 is 4.74 Å². The van der Waals surface area contributed by atoms with Gasteiger partial charge in [0.25, 0.3) is 0 Å². The summed E-state index contributed by atoms with van der Waals surface area (Å²) in [5.41, 5.74) is 7.36. The molecule has 0 radical (unpaired) electrons. The molecule has 0 unspecified atom stereocenters. The SMILES string of the molecule is NC(=NCCc1ccc(OCCN2CCCC2)cc1)N1CCSCC1. The Hall–Kier alpha value is -1.40. The normalized spacial score (nSPS) is 19.4. The molecule has 6 heteroatoms. The summed E-state index contributed by atoms with van der Waals surface area (Å²) in [4.78, 5) is 9.19. The summed E-state index contributed by atoms with van der Waals surface area (Å²) in [6.45, 7) is 7.03. The summed E-state index contributed by atoms with van der Waals surface area (Å²) in [5.74, 6) is 3.95. The van der Waals surface area contributed by atoms with E-state index in [-0.39, 0.29) is 0 Å². The van der Waals surface area contributed by atoms with Crippen molar-refractivity contribution in [3.05, 3.63) is 29.8 Å². The van der Waals surface area contributed by atoms with Crippen molar-refractivity contribution in [2.75, 3.05) is 57.4 Å². The Morgan fingerprint density at radius 1 is 1.08 bits per heavy atom. The highest BCUT2D eigenvalue weighted by Crippen LogP contribution is 2.14. The molecule has 0 amide bonds. The number of benzene rings is 1. The third kappa shape index (κ3) is 6.12. The fourth-order valence-electron chi connectivity index (χ4n) is 3.24. The summed E-state index contributed by atoms with van der Waals surface area (Å²) in [5, 5.41) is 0. The third-order valence-corrected chi connectivity index (χ3v) is 5.75. The lowest BCUT2D eigenvalue weighted by Crippen LogP contribution is -2.42. The molecule has 1 aromatic carbocycles. The summed E-state index contributed by atoms with van der Waals surface area (Å²) in [6, 6.07) is 8.39. The molecule has 3 rings (SSSR count). The van der Waals surface area contributed by atoms with Crippen molar-refractivity contribution in [3.8, 4) is 5.75 Å². The zero-order valence-electron chi connectivity index (χ0n) is 15.0. The molecule has 1 aromatic rings. The number of hydrogen-bond acceptors (Lipinski definition) is 4. The van der Waals surface area contributed by atoms with Gasteiger partial charge in [-0.2, -0.15) is 11.8 Å². The molecule has 25 heavy (non-hydrogen) atoms. The van der Waals surface area contributed by atoms with Gasteiger partial charge in [0.2, 0.25) is 0 Å². The minimum Gasteiger partial charge on any atom is -0.492 e. The van der Waals surface area contributed by atoms with Crippen LogP contribution in [0.5, 0.6) is 5.75 Å². The van der Waals surface area contributed by atoms with Gasteiger partial charge in [-0.3, -0.25) is 9.89 Å². The van der Waals surface area contributed by atoms with E-state index in [0.29, 0.717) is 5.96 Å². The van der Waals surface area contributed by atoms with Gasteiger partial charge >= 0.3 is 0 Å². The van der Waals surface area contributed by atoms with E-state index in [0.717, 1.165) is 56.5 Å². The lowest BCUT2D eigenvalue weighted by atomic mass is 10.1. The first-order valence-electron chi connectivity index (χ1n) is 9.38. The van der Waals surface area contributed by atoms with E-state index < -0.39 is 0 Å². The van der Waals surface area contributed by atoms with E-state index in [1.54, 1.807) is 0 Å². The number of guanidine groups is 1. The lowest BCUT2D eigenvalue weighted by molar-refractivity contribution is 0.238. The second kappa shape index (κ2) is 9.92. The van der Waals surface area contributed by atoms with Gasteiger partial charge in [-0.05, 0) is 50.0 Å². The van der Waals surface area contributed by atoms with Gasteiger partial charge in [-0.25, -0.2) is 0 Å². The van der Waals surface area contributed by atoms with Crippen LogP contribution in [0.2, 0.25) is 0 Å². The lowest BCUT2D eigenvalue weighted by Gasteiger charge is -2.27. The van der Waals surface area contributed by atoms with Crippen molar-refractivity contribution in [2.45, 2.75) is 19.3 Å². The summed E-state index contributed by atoms with van der Waals surface area (Å²) in [7, 11) is 0. The van der Waals surface area contributed by atoms with Gasteiger partial charge in [-0.1, -0.05) is 12.1 Å². The van der Waals surface area contributed by atoms with Crippen molar-refractivity contribution in [1.82, 2.24) is 9.80 Å². The van der Waals surface area contributed by atoms with Gasteiger partial charge in [-0.15, -0.1) is 0 Å². The van der Waals surface area contributed by atoms with Crippen LogP contribution in [-0.2, 0) is 6.42 Å². The minimum atomic E-state index is 0.696. The molecule has 0 aromatic heterocycles. The topological polar surface area (TPSA) is 54.1 Å². The highest BCUT2D eigenvalue weighted by molar-refractivity contribution is 7.99. The van der Waals surface area contributed by atoms with Crippen LogP contribution in [0.15, 0.2) is 29.3 Å².